The highest BCUT2D eigenvalue weighted by molar-refractivity contribution is 5.93. The Balaban J connectivity index is 2.28. The Bertz CT molecular complexity index is 229. The molecule has 1 fully saturated rings. The molecule has 0 spiro atoms. The highest BCUT2D eigenvalue weighted by atomic mass is 16.5. The Morgan fingerprint density at radius 2 is 1.85 bits per heavy atom. The summed E-state index contributed by atoms with van der Waals surface area (Å²) >= 11 is 0. The quantitative estimate of drug-likeness (QED) is 0.512. The van der Waals surface area contributed by atoms with Gasteiger partial charge in [0.05, 0.1) is 0 Å². The maximum Gasteiger partial charge on any atom is 0.331 e. The Hall–Kier alpha value is -1.32. The molecule has 1 aliphatic carbocycles. The molecule has 13 heavy (non-hydrogen) atoms. The van der Waals surface area contributed by atoms with Crippen LogP contribution in [0.4, 0.5) is 0 Å². The lowest BCUT2D eigenvalue weighted by Gasteiger charge is -2.08. The molecule has 72 valence electrons. The molecule has 0 saturated heterocycles. The maximum absolute atomic E-state index is 11.0. The van der Waals surface area contributed by atoms with E-state index in [2.05, 4.69) is 0 Å². The van der Waals surface area contributed by atoms with Crippen LogP contribution in [0, 0.1) is 0 Å². The summed E-state index contributed by atoms with van der Waals surface area (Å²) in [6.07, 6.45) is 6.18. The van der Waals surface area contributed by atoms with Crippen LogP contribution in [-0.2, 0) is 14.3 Å². The van der Waals surface area contributed by atoms with Gasteiger partial charge >= 0.3 is 5.97 Å². The van der Waals surface area contributed by atoms with Crippen LogP contribution >= 0.6 is 0 Å². The summed E-state index contributed by atoms with van der Waals surface area (Å²) in [7, 11) is 0. The van der Waals surface area contributed by atoms with E-state index in [-0.39, 0.29) is 6.10 Å². The number of esters is 1. The molecule has 0 radical (unpaired) electrons. The lowest BCUT2D eigenvalue weighted by Crippen LogP contribution is -2.13. The number of rotatable bonds is 3. The summed E-state index contributed by atoms with van der Waals surface area (Å²) < 4.78 is 5.03. The minimum Gasteiger partial charge on any atom is -0.459 e. The normalized spacial score (nSPS) is 17.8. The van der Waals surface area contributed by atoms with Gasteiger partial charge in [0.1, 0.15) is 6.10 Å². The lowest BCUT2D eigenvalue weighted by atomic mass is 10.3. The van der Waals surface area contributed by atoms with E-state index in [1.165, 1.54) is 0 Å². The fourth-order valence-corrected chi connectivity index (χ4v) is 1.36. The van der Waals surface area contributed by atoms with Crippen molar-refractivity contribution in [3.8, 4) is 0 Å². The molecule has 4 heteroatoms. The Labute approximate surface area is 76.7 Å². The van der Waals surface area contributed by atoms with Crippen molar-refractivity contribution in [2.75, 3.05) is 0 Å². The molecule has 0 aliphatic heterocycles. The fourth-order valence-electron chi connectivity index (χ4n) is 1.36. The van der Waals surface area contributed by atoms with E-state index in [0.29, 0.717) is 0 Å². The third kappa shape index (κ3) is 3.73. The first-order valence-corrected chi connectivity index (χ1v) is 4.36. The van der Waals surface area contributed by atoms with E-state index in [0.717, 1.165) is 37.8 Å². The van der Waals surface area contributed by atoms with Gasteiger partial charge in [0.2, 0.25) is 5.91 Å². The molecule has 0 atom stereocenters. The van der Waals surface area contributed by atoms with Crippen molar-refractivity contribution in [2.45, 2.75) is 31.8 Å². The van der Waals surface area contributed by atoms with Gasteiger partial charge in [0.15, 0.2) is 0 Å². The second-order valence-electron chi connectivity index (χ2n) is 3.08. The van der Waals surface area contributed by atoms with Gasteiger partial charge in [-0.05, 0) is 25.7 Å². The lowest BCUT2D eigenvalue weighted by molar-refractivity contribution is -0.142. The molecule has 1 aliphatic rings. The average molecular weight is 183 g/mol. The van der Waals surface area contributed by atoms with Crippen molar-refractivity contribution in [3.05, 3.63) is 12.2 Å². The van der Waals surface area contributed by atoms with Crippen LogP contribution in [0.25, 0.3) is 0 Å². The van der Waals surface area contributed by atoms with Crippen molar-refractivity contribution in [1.29, 1.82) is 0 Å². The van der Waals surface area contributed by atoms with Crippen molar-refractivity contribution in [1.82, 2.24) is 0 Å². The van der Waals surface area contributed by atoms with Crippen LogP contribution in [0.2, 0.25) is 0 Å². The number of ether oxygens (including phenoxy) is 1. The van der Waals surface area contributed by atoms with Crippen molar-refractivity contribution in [2.24, 2.45) is 5.73 Å². The molecule has 0 aromatic heterocycles. The predicted molar refractivity (Wildman–Crippen MR) is 46.7 cm³/mol. The monoisotopic (exact) mass is 183 g/mol. The number of primary amides is 1. The van der Waals surface area contributed by atoms with E-state index >= 15 is 0 Å². The van der Waals surface area contributed by atoms with Gasteiger partial charge in [0, 0.05) is 12.2 Å². The molecule has 0 bridgehead atoms. The number of nitrogens with two attached hydrogens (primary N) is 1. The van der Waals surface area contributed by atoms with Crippen LogP contribution in [0.1, 0.15) is 25.7 Å². The smallest absolute Gasteiger partial charge is 0.331 e. The zero-order valence-corrected chi connectivity index (χ0v) is 7.36. The minimum absolute atomic E-state index is 0.0324. The highest BCUT2D eigenvalue weighted by Crippen LogP contribution is 2.20. The molecule has 1 amide bonds. The van der Waals surface area contributed by atoms with Gasteiger partial charge in [0.25, 0.3) is 0 Å². The molecule has 0 aromatic carbocycles. The van der Waals surface area contributed by atoms with E-state index in [9.17, 15) is 9.59 Å². The van der Waals surface area contributed by atoms with Gasteiger partial charge < -0.3 is 10.5 Å². The minimum atomic E-state index is -0.636. The topological polar surface area (TPSA) is 69.4 Å². The second-order valence-corrected chi connectivity index (χ2v) is 3.08. The molecular weight excluding hydrogens is 170 g/mol. The first-order valence-electron chi connectivity index (χ1n) is 4.36. The summed E-state index contributed by atoms with van der Waals surface area (Å²) in [6.45, 7) is 0. The third-order valence-corrected chi connectivity index (χ3v) is 1.97. The summed E-state index contributed by atoms with van der Waals surface area (Å²) in [5, 5.41) is 0. The van der Waals surface area contributed by atoms with Crippen LogP contribution in [0.15, 0.2) is 12.2 Å². The van der Waals surface area contributed by atoms with Crippen LogP contribution < -0.4 is 5.73 Å². The van der Waals surface area contributed by atoms with Crippen molar-refractivity contribution in [3.63, 3.8) is 0 Å². The van der Waals surface area contributed by atoms with Crippen molar-refractivity contribution < 1.29 is 14.3 Å². The Morgan fingerprint density at radius 3 is 2.38 bits per heavy atom. The van der Waals surface area contributed by atoms with Crippen LogP contribution in [0.3, 0.4) is 0 Å². The third-order valence-electron chi connectivity index (χ3n) is 1.97. The number of amides is 1. The molecule has 1 saturated carbocycles. The van der Waals surface area contributed by atoms with E-state index in [4.69, 9.17) is 10.5 Å². The van der Waals surface area contributed by atoms with Gasteiger partial charge in [-0.1, -0.05) is 0 Å². The molecule has 0 aromatic rings. The molecule has 0 unspecified atom stereocenters. The molecule has 1 rings (SSSR count). The number of carbonyl (C=O) groups is 2. The van der Waals surface area contributed by atoms with Crippen LogP contribution in [0.5, 0.6) is 0 Å². The van der Waals surface area contributed by atoms with Crippen molar-refractivity contribution >= 4 is 11.9 Å². The highest BCUT2D eigenvalue weighted by Gasteiger charge is 2.17. The Kier molecular flexibility index (Phi) is 3.49. The fraction of sp³-hybridized carbons (Fsp3) is 0.556. The molecule has 2 N–H and O–H groups in total. The number of hydrogen-bond acceptors (Lipinski definition) is 3. The van der Waals surface area contributed by atoms with Crippen LogP contribution in [-0.4, -0.2) is 18.0 Å². The zero-order chi connectivity index (χ0) is 9.68. The van der Waals surface area contributed by atoms with Gasteiger partial charge in [-0.15, -0.1) is 0 Å². The SMILES string of the molecule is NC(=O)C=CC(=O)OC1CCCC1. The summed E-state index contributed by atoms with van der Waals surface area (Å²) in [4.78, 5) is 21.3. The number of hydrogen-bond donors (Lipinski definition) is 1. The number of carbonyl (C=O) groups excluding carboxylic acids is 2. The Morgan fingerprint density at radius 1 is 1.23 bits per heavy atom. The first kappa shape index (κ1) is 9.77. The standard InChI is InChI=1S/C9H13NO3/c10-8(11)5-6-9(12)13-7-3-1-2-4-7/h5-7H,1-4H2,(H2,10,11). The maximum atomic E-state index is 11.0. The van der Waals surface area contributed by atoms with E-state index in [1.54, 1.807) is 0 Å². The van der Waals surface area contributed by atoms with Gasteiger partial charge in [-0.2, -0.15) is 0 Å². The predicted octanol–water partition coefficient (Wildman–Crippen LogP) is 0.514. The van der Waals surface area contributed by atoms with E-state index < -0.39 is 11.9 Å². The average Bonchev–Trinajstić information content (AvgIpc) is 2.53. The molecular formula is C9H13NO3. The largest absolute Gasteiger partial charge is 0.459 e. The summed E-state index contributed by atoms with van der Waals surface area (Å²) in [5.74, 6) is -1.12. The second kappa shape index (κ2) is 4.64. The first-order chi connectivity index (χ1) is 6.18. The molecule has 4 nitrogen and oxygen atoms in total. The zero-order valence-electron chi connectivity index (χ0n) is 7.36. The summed E-state index contributed by atoms with van der Waals surface area (Å²) in [6, 6.07) is 0. The van der Waals surface area contributed by atoms with Gasteiger partial charge in [-0.3, -0.25) is 4.79 Å². The van der Waals surface area contributed by atoms with E-state index in [1.807, 2.05) is 0 Å². The molecule has 0 heterocycles. The summed E-state index contributed by atoms with van der Waals surface area (Å²) in [5.41, 5.74) is 4.82. The van der Waals surface area contributed by atoms with Gasteiger partial charge in [-0.25, -0.2) is 4.79 Å².